The van der Waals surface area contributed by atoms with E-state index in [0.29, 0.717) is 5.13 Å². The molecule has 0 aliphatic carbocycles. The third kappa shape index (κ3) is 3.29. The molecule has 0 fully saturated rings. The average molecular weight is 436 g/mol. The molecule has 5 nitrogen and oxygen atoms in total. The van der Waals surface area contributed by atoms with E-state index >= 15 is 0 Å². The van der Waals surface area contributed by atoms with Crippen molar-refractivity contribution in [2.24, 2.45) is 0 Å². The van der Waals surface area contributed by atoms with Crippen LogP contribution in [0.2, 0.25) is 0 Å². The number of nitrogens with zero attached hydrogens (tertiary/aromatic N) is 1. The minimum Gasteiger partial charge on any atom is -0.504 e. The van der Waals surface area contributed by atoms with Crippen molar-refractivity contribution in [1.29, 1.82) is 0 Å². The van der Waals surface area contributed by atoms with Crippen LogP contribution in [0.1, 0.15) is 15.2 Å². The number of hydrogen-bond donors (Lipinski definition) is 3. The van der Waals surface area contributed by atoms with E-state index in [1.165, 1.54) is 29.5 Å². The Morgan fingerprint density at radius 2 is 2.06 bits per heavy atom. The molecule has 0 saturated heterocycles. The topological polar surface area (TPSA) is 82.5 Å². The fourth-order valence-corrected chi connectivity index (χ4v) is 1.91. The zero-order chi connectivity index (χ0) is 12.4. The molecular formula is C11H10N2O3ReS. The van der Waals surface area contributed by atoms with Gasteiger partial charge in [0.15, 0.2) is 16.6 Å². The van der Waals surface area contributed by atoms with E-state index in [2.05, 4.69) is 10.3 Å². The van der Waals surface area contributed by atoms with Gasteiger partial charge in [-0.2, -0.15) is 0 Å². The van der Waals surface area contributed by atoms with Crippen LogP contribution in [0.15, 0.2) is 24.4 Å². The molecule has 0 aliphatic rings. The summed E-state index contributed by atoms with van der Waals surface area (Å²) >= 11 is 1.36. The Bertz CT molecular complexity index is 571. The molecular weight excluding hydrogens is 426 g/mol. The molecule has 0 aliphatic heterocycles. The van der Waals surface area contributed by atoms with Crippen LogP contribution in [0.4, 0.5) is 5.13 Å². The number of aromatic hydroxyl groups is 2. The second kappa shape index (κ2) is 5.96. The molecule has 1 heterocycles. The molecule has 0 atom stereocenters. The van der Waals surface area contributed by atoms with Crippen LogP contribution in [0.25, 0.3) is 0 Å². The van der Waals surface area contributed by atoms with Gasteiger partial charge in [0.25, 0.3) is 5.91 Å². The number of phenolic OH excluding ortho intramolecular Hbond substituents is 2. The van der Waals surface area contributed by atoms with E-state index in [0.717, 1.165) is 4.88 Å². The van der Waals surface area contributed by atoms with Crippen LogP contribution in [0, 0.1) is 6.92 Å². The van der Waals surface area contributed by atoms with Crippen LogP contribution in [-0.4, -0.2) is 21.1 Å². The molecule has 1 radical (unpaired) electrons. The summed E-state index contributed by atoms with van der Waals surface area (Å²) in [6.07, 6.45) is 1.66. The van der Waals surface area contributed by atoms with E-state index in [1.54, 1.807) is 6.20 Å². The molecule has 2 aromatic rings. The zero-order valence-electron chi connectivity index (χ0n) is 9.35. The Morgan fingerprint density at radius 3 is 2.61 bits per heavy atom. The van der Waals surface area contributed by atoms with E-state index in [1.807, 2.05) is 6.92 Å². The van der Waals surface area contributed by atoms with Crippen molar-refractivity contribution in [2.45, 2.75) is 6.92 Å². The predicted molar refractivity (Wildman–Crippen MR) is 64.6 cm³/mol. The van der Waals surface area contributed by atoms with Crippen LogP contribution in [0.5, 0.6) is 11.5 Å². The quantitative estimate of drug-likeness (QED) is 0.630. The standard InChI is InChI=1S/C11H10N2O3S.Re/c1-6-5-12-11(17-6)13-10(16)7-2-3-8(14)9(15)4-7;/h2-5,14-15H,1H3,(H,12,13,16);. The van der Waals surface area contributed by atoms with Crippen LogP contribution < -0.4 is 5.32 Å². The van der Waals surface area contributed by atoms with Crippen molar-refractivity contribution >= 4 is 22.4 Å². The van der Waals surface area contributed by atoms with Gasteiger partial charge in [-0.15, -0.1) is 11.3 Å². The van der Waals surface area contributed by atoms with Crippen LogP contribution in [0.3, 0.4) is 0 Å². The number of phenols is 2. The summed E-state index contributed by atoms with van der Waals surface area (Å²) in [7, 11) is 0. The molecule has 0 saturated carbocycles. The Hall–Kier alpha value is -1.42. The van der Waals surface area contributed by atoms with E-state index in [-0.39, 0.29) is 43.4 Å². The normalized spacial score (nSPS) is 9.61. The Morgan fingerprint density at radius 1 is 1.33 bits per heavy atom. The van der Waals surface area contributed by atoms with Gasteiger partial charge in [-0.3, -0.25) is 10.1 Å². The fraction of sp³-hybridized carbons (Fsp3) is 0.0909. The molecule has 1 aromatic heterocycles. The van der Waals surface area contributed by atoms with E-state index in [9.17, 15) is 9.90 Å². The van der Waals surface area contributed by atoms with E-state index < -0.39 is 0 Å². The second-order valence-corrected chi connectivity index (χ2v) is 4.67. The van der Waals surface area contributed by atoms with Crippen molar-refractivity contribution in [3.05, 3.63) is 34.8 Å². The first-order valence-electron chi connectivity index (χ1n) is 4.82. The van der Waals surface area contributed by atoms with Gasteiger partial charge < -0.3 is 10.2 Å². The number of aryl methyl sites for hydroxylation is 1. The first kappa shape index (κ1) is 14.6. The molecule has 1 aromatic carbocycles. The van der Waals surface area contributed by atoms with Gasteiger partial charge in [0.2, 0.25) is 0 Å². The van der Waals surface area contributed by atoms with Crippen molar-refractivity contribution in [1.82, 2.24) is 4.98 Å². The molecule has 0 bridgehead atoms. The number of thiazole rings is 1. The van der Waals surface area contributed by atoms with Crippen molar-refractivity contribution < 1.29 is 35.4 Å². The maximum atomic E-state index is 11.7. The average Bonchev–Trinajstić information content (AvgIpc) is 2.68. The maximum Gasteiger partial charge on any atom is 0.257 e. The van der Waals surface area contributed by atoms with Gasteiger partial charge in [0, 0.05) is 37.1 Å². The number of carbonyl (C=O) groups is 1. The Labute approximate surface area is 121 Å². The molecule has 1 amide bonds. The minimum atomic E-state index is -0.380. The van der Waals surface area contributed by atoms with E-state index in [4.69, 9.17) is 5.11 Å². The summed E-state index contributed by atoms with van der Waals surface area (Å²) in [5.74, 6) is -0.964. The van der Waals surface area contributed by atoms with Gasteiger partial charge in [0.05, 0.1) is 0 Å². The molecule has 95 valence electrons. The zero-order valence-corrected chi connectivity index (χ0v) is 12.9. The number of carbonyl (C=O) groups excluding carboxylic acids is 1. The summed E-state index contributed by atoms with van der Waals surface area (Å²) in [6, 6.07) is 3.88. The Balaban J connectivity index is 0.00000162. The number of nitrogens with one attached hydrogen (secondary N) is 1. The number of aromatic nitrogens is 1. The van der Waals surface area contributed by atoms with Crippen LogP contribution in [-0.2, 0) is 20.4 Å². The van der Waals surface area contributed by atoms with Gasteiger partial charge in [-0.25, -0.2) is 4.98 Å². The molecule has 7 heteroatoms. The van der Waals surface area contributed by atoms with Gasteiger partial charge in [-0.1, -0.05) is 0 Å². The molecule has 0 spiro atoms. The van der Waals surface area contributed by atoms with Gasteiger partial charge in [-0.05, 0) is 25.1 Å². The molecule has 2 rings (SSSR count). The number of benzene rings is 1. The third-order valence-corrected chi connectivity index (χ3v) is 2.91. The summed E-state index contributed by atoms with van der Waals surface area (Å²) in [4.78, 5) is 16.7. The number of amides is 1. The summed E-state index contributed by atoms with van der Waals surface area (Å²) < 4.78 is 0. The smallest absolute Gasteiger partial charge is 0.257 e. The monoisotopic (exact) mass is 437 g/mol. The van der Waals surface area contributed by atoms with Crippen molar-refractivity contribution in [3.8, 4) is 11.5 Å². The summed E-state index contributed by atoms with van der Waals surface area (Å²) in [5.41, 5.74) is 0.258. The predicted octanol–water partition coefficient (Wildman–Crippen LogP) is 2.11. The number of hydrogen-bond acceptors (Lipinski definition) is 5. The second-order valence-electron chi connectivity index (χ2n) is 3.43. The first-order chi connectivity index (χ1) is 8.06. The maximum absolute atomic E-state index is 11.7. The van der Waals surface area contributed by atoms with Crippen molar-refractivity contribution in [3.63, 3.8) is 0 Å². The summed E-state index contributed by atoms with van der Waals surface area (Å²) in [5, 5.41) is 21.5. The molecule has 3 N–H and O–H groups in total. The third-order valence-electron chi connectivity index (χ3n) is 2.08. The number of rotatable bonds is 2. The first-order valence-corrected chi connectivity index (χ1v) is 5.63. The van der Waals surface area contributed by atoms with Crippen molar-refractivity contribution in [2.75, 3.05) is 5.32 Å². The van der Waals surface area contributed by atoms with Gasteiger partial charge in [0.1, 0.15) is 0 Å². The summed E-state index contributed by atoms with van der Waals surface area (Å²) in [6.45, 7) is 1.89. The van der Waals surface area contributed by atoms with Gasteiger partial charge >= 0.3 is 0 Å². The number of anilines is 1. The van der Waals surface area contributed by atoms with Crippen LogP contribution >= 0.6 is 11.3 Å². The largest absolute Gasteiger partial charge is 0.504 e. The Kier molecular flexibility index (Phi) is 4.85. The SMILES string of the molecule is Cc1cnc(NC(=O)c2ccc(O)c(O)c2)s1.[Re]. The molecule has 0 unspecified atom stereocenters. The minimum absolute atomic E-state index is 0. The fourth-order valence-electron chi connectivity index (χ4n) is 1.25. The molecule has 18 heavy (non-hydrogen) atoms.